The van der Waals surface area contributed by atoms with Crippen molar-refractivity contribution in [2.45, 2.75) is 17.4 Å². The van der Waals surface area contributed by atoms with Gasteiger partial charge in [-0.3, -0.25) is 19.8 Å². The van der Waals surface area contributed by atoms with Gasteiger partial charge in [0.25, 0.3) is 11.6 Å². The summed E-state index contributed by atoms with van der Waals surface area (Å²) in [6, 6.07) is 5.17. The lowest BCUT2D eigenvalue weighted by molar-refractivity contribution is -0.387. The number of hydrogen-bond donors (Lipinski definition) is 1. The van der Waals surface area contributed by atoms with Gasteiger partial charge in [0.1, 0.15) is 0 Å². The molecule has 2 aliphatic rings. The minimum absolute atomic E-state index is 0.00574. The van der Waals surface area contributed by atoms with Crippen molar-refractivity contribution in [1.82, 2.24) is 15.1 Å². The van der Waals surface area contributed by atoms with E-state index in [2.05, 4.69) is 10.2 Å². The second kappa shape index (κ2) is 7.50. The summed E-state index contributed by atoms with van der Waals surface area (Å²) in [4.78, 5) is 28.3. The number of amides is 1. The van der Waals surface area contributed by atoms with Crippen molar-refractivity contribution in [3.05, 3.63) is 33.9 Å². The summed E-state index contributed by atoms with van der Waals surface area (Å²) >= 11 is 1.32. The molecule has 2 heterocycles. The van der Waals surface area contributed by atoms with Crippen LogP contribution in [0.1, 0.15) is 16.8 Å². The number of piperazine rings is 1. The van der Waals surface area contributed by atoms with E-state index in [0.29, 0.717) is 29.6 Å². The summed E-state index contributed by atoms with van der Waals surface area (Å²) < 4.78 is 0. The molecule has 2 aliphatic heterocycles. The average molecular weight is 350 g/mol. The fourth-order valence-corrected chi connectivity index (χ4v) is 3.97. The highest BCUT2D eigenvalue weighted by atomic mass is 32.2. The highest BCUT2D eigenvalue weighted by Crippen LogP contribution is 2.29. The van der Waals surface area contributed by atoms with E-state index in [-0.39, 0.29) is 11.6 Å². The Hall–Kier alpha value is -1.64. The number of likely N-dealkylation sites (tertiary alicyclic amines) is 1. The van der Waals surface area contributed by atoms with E-state index in [1.54, 1.807) is 18.4 Å². The van der Waals surface area contributed by atoms with Gasteiger partial charge < -0.3 is 10.2 Å². The molecule has 1 aromatic carbocycles. The third-order valence-corrected chi connectivity index (χ3v) is 5.53. The zero-order valence-electron chi connectivity index (χ0n) is 13.7. The molecule has 3 rings (SSSR count). The number of nitro benzene ring substituents is 1. The Kier molecular flexibility index (Phi) is 5.37. The number of carbonyl (C=O) groups excluding carboxylic acids is 1. The largest absolute Gasteiger partial charge is 0.337 e. The Balaban J connectivity index is 1.70. The number of benzene rings is 1. The fraction of sp³-hybridized carbons (Fsp3) is 0.562. The monoisotopic (exact) mass is 350 g/mol. The first kappa shape index (κ1) is 17.2. The Morgan fingerprint density at radius 2 is 2.08 bits per heavy atom. The van der Waals surface area contributed by atoms with Gasteiger partial charge in [0.2, 0.25) is 0 Å². The summed E-state index contributed by atoms with van der Waals surface area (Å²) in [6.07, 6.45) is 2.76. The maximum Gasteiger partial charge on any atom is 0.283 e. The van der Waals surface area contributed by atoms with Gasteiger partial charge in [-0.25, -0.2) is 0 Å². The van der Waals surface area contributed by atoms with Crippen LogP contribution in [0.4, 0.5) is 5.69 Å². The van der Waals surface area contributed by atoms with Crippen LogP contribution in [0.25, 0.3) is 0 Å². The summed E-state index contributed by atoms with van der Waals surface area (Å²) in [5.74, 6) is -0.108. The normalized spacial score (nSPS) is 21.9. The van der Waals surface area contributed by atoms with Crippen LogP contribution < -0.4 is 5.32 Å². The van der Waals surface area contributed by atoms with Gasteiger partial charge in [0.05, 0.1) is 9.82 Å². The second-order valence-corrected chi connectivity index (χ2v) is 6.97. The van der Waals surface area contributed by atoms with Crippen molar-refractivity contribution in [2.24, 2.45) is 0 Å². The van der Waals surface area contributed by atoms with Crippen LogP contribution in [-0.2, 0) is 0 Å². The lowest BCUT2D eigenvalue weighted by atomic mass is 10.1. The zero-order valence-corrected chi connectivity index (χ0v) is 14.6. The van der Waals surface area contributed by atoms with E-state index in [0.717, 1.165) is 32.6 Å². The third-order valence-electron chi connectivity index (χ3n) is 4.74. The maximum absolute atomic E-state index is 12.7. The molecule has 24 heavy (non-hydrogen) atoms. The second-order valence-electron chi connectivity index (χ2n) is 6.12. The Morgan fingerprint density at radius 1 is 1.33 bits per heavy atom. The van der Waals surface area contributed by atoms with E-state index in [1.165, 1.54) is 17.8 Å². The number of hydrogen-bond acceptors (Lipinski definition) is 6. The number of nitro groups is 1. The summed E-state index contributed by atoms with van der Waals surface area (Å²) in [5.41, 5.74) is 0.409. The molecule has 130 valence electrons. The number of carbonyl (C=O) groups is 1. The lowest BCUT2D eigenvalue weighted by Crippen LogP contribution is -2.49. The van der Waals surface area contributed by atoms with Gasteiger partial charge in [0, 0.05) is 56.9 Å². The highest BCUT2D eigenvalue weighted by Gasteiger charge is 2.32. The van der Waals surface area contributed by atoms with Gasteiger partial charge in [-0.1, -0.05) is 0 Å². The van der Waals surface area contributed by atoms with Crippen LogP contribution in [0.15, 0.2) is 23.1 Å². The number of thioether (sulfide) groups is 1. The molecule has 1 aromatic rings. The standard InChI is InChI=1S/C16H22N4O3S/c1-24-15-3-2-12(10-14(15)20(22)23)16(21)19-7-4-13(11-19)18-8-5-17-6-9-18/h2-3,10,13,17H,4-9,11H2,1H3. The number of nitrogens with zero attached hydrogens (tertiary/aromatic N) is 3. The SMILES string of the molecule is CSc1ccc(C(=O)N2CCC(N3CCNCC3)C2)cc1[N+](=O)[O-]. The third kappa shape index (κ3) is 3.55. The van der Waals surface area contributed by atoms with Crippen LogP contribution in [0, 0.1) is 10.1 Å². The molecule has 1 atom stereocenters. The van der Waals surface area contributed by atoms with Crippen LogP contribution in [0.3, 0.4) is 0 Å². The van der Waals surface area contributed by atoms with E-state index < -0.39 is 4.92 Å². The predicted molar refractivity (Wildman–Crippen MR) is 93.6 cm³/mol. The molecule has 1 N–H and O–H groups in total. The maximum atomic E-state index is 12.7. The van der Waals surface area contributed by atoms with Gasteiger partial charge in [0.15, 0.2) is 0 Å². The molecule has 1 unspecified atom stereocenters. The molecule has 0 saturated carbocycles. The Labute approximate surface area is 145 Å². The van der Waals surface area contributed by atoms with Crippen molar-refractivity contribution < 1.29 is 9.72 Å². The highest BCUT2D eigenvalue weighted by molar-refractivity contribution is 7.98. The van der Waals surface area contributed by atoms with E-state index >= 15 is 0 Å². The minimum Gasteiger partial charge on any atom is -0.337 e. The zero-order chi connectivity index (χ0) is 17.1. The van der Waals surface area contributed by atoms with Crippen molar-refractivity contribution in [3.8, 4) is 0 Å². The quantitative estimate of drug-likeness (QED) is 0.503. The lowest BCUT2D eigenvalue weighted by Gasteiger charge is -2.32. The molecule has 7 nitrogen and oxygen atoms in total. The first-order chi connectivity index (χ1) is 11.6. The topological polar surface area (TPSA) is 78.7 Å². The Bertz CT molecular complexity index is 634. The summed E-state index contributed by atoms with van der Waals surface area (Å²) in [6.45, 7) is 5.43. The molecule has 0 bridgehead atoms. The molecular weight excluding hydrogens is 328 g/mol. The van der Waals surface area contributed by atoms with E-state index in [1.807, 2.05) is 4.90 Å². The average Bonchev–Trinajstić information content (AvgIpc) is 3.11. The Morgan fingerprint density at radius 3 is 2.75 bits per heavy atom. The van der Waals surface area contributed by atoms with Crippen LogP contribution in [0.2, 0.25) is 0 Å². The van der Waals surface area contributed by atoms with Gasteiger partial charge in [-0.05, 0) is 24.8 Å². The van der Waals surface area contributed by atoms with Crippen LogP contribution in [0.5, 0.6) is 0 Å². The predicted octanol–water partition coefficient (Wildman–Crippen LogP) is 1.44. The molecule has 0 spiro atoms. The van der Waals surface area contributed by atoms with Gasteiger partial charge in [-0.15, -0.1) is 11.8 Å². The fourth-order valence-electron chi connectivity index (χ4n) is 3.42. The van der Waals surface area contributed by atoms with Crippen molar-refractivity contribution in [1.29, 1.82) is 0 Å². The first-order valence-electron chi connectivity index (χ1n) is 8.16. The molecule has 8 heteroatoms. The van der Waals surface area contributed by atoms with Gasteiger partial charge in [-0.2, -0.15) is 0 Å². The summed E-state index contributed by atoms with van der Waals surface area (Å²) in [5, 5.41) is 14.5. The molecular formula is C16H22N4O3S. The molecule has 1 amide bonds. The van der Waals surface area contributed by atoms with Crippen LogP contribution in [-0.4, -0.2) is 72.2 Å². The van der Waals surface area contributed by atoms with Crippen molar-refractivity contribution >= 4 is 23.4 Å². The summed E-state index contributed by atoms with van der Waals surface area (Å²) in [7, 11) is 0. The number of rotatable bonds is 4. The molecule has 0 aliphatic carbocycles. The molecule has 2 saturated heterocycles. The minimum atomic E-state index is -0.421. The van der Waals surface area contributed by atoms with Crippen LogP contribution >= 0.6 is 11.8 Å². The van der Waals surface area contributed by atoms with Crippen molar-refractivity contribution in [2.75, 3.05) is 45.5 Å². The van der Waals surface area contributed by atoms with Gasteiger partial charge >= 0.3 is 0 Å². The molecule has 2 fully saturated rings. The molecule has 0 aromatic heterocycles. The van der Waals surface area contributed by atoms with Crippen molar-refractivity contribution in [3.63, 3.8) is 0 Å². The molecule has 0 radical (unpaired) electrons. The smallest absolute Gasteiger partial charge is 0.283 e. The first-order valence-corrected chi connectivity index (χ1v) is 9.39. The van der Waals surface area contributed by atoms with E-state index in [4.69, 9.17) is 0 Å². The van der Waals surface area contributed by atoms with E-state index in [9.17, 15) is 14.9 Å². The number of nitrogens with one attached hydrogen (secondary N) is 1.